The highest BCUT2D eigenvalue weighted by Gasteiger charge is 2.32. The second-order valence-corrected chi connectivity index (χ2v) is 14.6. The number of halogens is 4. The molecule has 0 N–H and O–H groups in total. The van der Waals surface area contributed by atoms with Crippen LogP contribution in [0.15, 0.2) is 18.2 Å². The molecule has 0 spiro atoms. The Hall–Kier alpha value is -0.483. The maximum atomic E-state index is 14.1. The van der Waals surface area contributed by atoms with Gasteiger partial charge >= 0.3 is 5.38 Å². The predicted octanol–water partition coefficient (Wildman–Crippen LogP) is 9.78. The quantitative estimate of drug-likeness (QED) is 0.166. The van der Waals surface area contributed by atoms with Crippen molar-refractivity contribution in [3.05, 3.63) is 35.1 Å². The van der Waals surface area contributed by atoms with E-state index in [-0.39, 0.29) is 14.7 Å². The van der Waals surface area contributed by atoms with Gasteiger partial charge in [0.15, 0.2) is 0 Å². The van der Waals surface area contributed by atoms with Gasteiger partial charge in [0.2, 0.25) is 0 Å². The van der Waals surface area contributed by atoms with Gasteiger partial charge in [0.1, 0.15) is 5.82 Å². The largest absolute Gasteiger partial charge is 0.351 e. The zero-order valence-electron chi connectivity index (χ0n) is 19.9. The molecule has 0 radical (unpaired) electrons. The fourth-order valence-electron chi connectivity index (χ4n) is 6.16. The standard InChI is InChI=1S/C27H42ClF3Si/c1-2-3-6-17-32-18-15-22(16-19-32)8-5-4-7-21-9-11-23(12-10-21)24-13-14-25(26(29)20-24)27(28,30)31/h13-14,20-23,32H,2-12,15-19H2,1H3. The molecular formula is C27H42ClF3Si. The first-order valence-corrected chi connectivity index (χ1v) is 16.1. The lowest BCUT2D eigenvalue weighted by molar-refractivity contribution is 0.0906. The summed E-state index contributed by atoms with van der Waals surface area (Å²) in [6.07, 6.45) is 17.2. The number of hydrogen-bond donors (Lipinski definition) is 0. The molecule has 0 nitrogen and oxygen atoms in total. The van der Waals surface area contributed by atoms with Crippen LogP contribution in [0.2, 0.25) is 18.1 Å². The first-order chi connectivity index (χ1) is 15.4. The van der Waals surface area contributed by atoms with E-state index in [0.717, 1.165) is 36.3 Å². The molecule has 0 amide bonds. The van der Waals surface area contributed by atoms with Gasteiger partial charge in [-0.1, -0.05) is 88.9 Å². The third-order valence-corrected chi connectivity index (χ3v) is 12.0. The maximum absolute atomic E-state index is 14.1. The van der Waals surface area contributed by atoms with Gasteiger partial charge in [0.25, 0.3) is 0 Å². The van der Waals surface area contributed by atoms with Gasteiger partial charge in [0.05, 0.1) is 5.56 Å². The lowest BCUT2D eigenvalue weighted by Crippen LogP contribution is -2.21. The smallest absolute Gasteiger partial charge is 0.206 e. The average molecular weight is 487 g/mol. The minimum Gasteiger partial charge on any atom is -0.206 e. The van der Waals surface area contributed by atoms with Crippen LogP contribution in [0.1, 0.15) is 107 Å². The Morgan fingerprint density at radius 3 is 2.09 bits per heavy atom. The van der Waals surface area contributed by atoms with Gasteiger partial charge in [-0.25, -0.2) is 4.39 Å². The molecule has 5 heteroatoms. The average Bonchev–Trinajstić information content (AvgIpc) is 2.77. The molecule has 0 unspecified atom stereocenters. The van der Waals surface area contributed by atoms with Crippen molar-refractivity contribution in [2.45, 2.75) is 120 Å². The van der Waals surface area contributed by atoms with Crippen molar-refractivity contribution < 1.29 is 13.2 Å². The molecule has 1 heterocycles. The van der Waals surface area contributed by atoms with Gasteiger partial charge in [-0.3, -0.25) is 0 Å². The van der Waals surface area contributed by atoms with Gasteiger partial charge < -0.3 is 0 Å². The van der Waals surface area contributed by atoms with Crippen molar-refractivity contribution in [2.75, 3.05) is 0 Å². The first kappa shape index (κ1) is 26.1. The molecule has 1 saturated carbocycles. The van der Waals surface area contributed by atoms with E-state index in [2.05, 4.69) is 6.92 Å². The molecule has 2 aliphatic rings. The van der Waals surface area contributed by atoms with E-state index < -0.39 is 16.8 Å². The summed E-state index contributed by atoms with van der Waals surface area (Å²) < 4.78 is 40.5. The van der Waals surface area contributed by atoms with E-state index in [4.69, 9.17) is 11.6 Å². The summed E-state index contributed by atoms with van der Waals surface area (Å²) in [6.45, 7) is 2.30. The second-order valence-electron chi connectivity index (χ2n) is 10.6. The third kappa shape index (κ3) is 8.08. The zero-order valence-corrected chi connectivity index (χ0v) is 21.8. The Morgan fingerprint density at radius 2 is 1.53 bits per heavy atom. The fourth-order valence-corrected chi connectivity index (χ4v) is 9.93. The molecule has 0 atom stereocenters. The number of unbranched alkanes of at least 4 members (excludes halogenated alkanes) is 3. The number of rotatable bonds is 11. The molecule has 1 aromatic rings. The molecule has 32 heavy (non-hydrogen) atoms. The lowest BCUT2D eigenvalue weighted by atomic mass is 9.77. The van der Waals surface area contributed by atoms with Crippen LogP contribution in [0.4, 0.5) is 13.2 Å². The van der Waals surface area contributed by atoms with Gasteiger partial charge in [0, 0.05) is 8.80 Å². The maximum Gasteiger partial charge on any atom is 0.351 e. The Morgan fingerprint density at radius 1 is 0.906 bits per heavy atom. The summed E-state index contributed by atoms with van der Waals surface area (Å²) in [5.74, 6) is 1.18. The van der Waals surface area contributed by atoms with Crippen molar-refractivity contribution >= 4 is 20.4 Å². The van der Waals surface area contributed by atoms with Crippen LogP contribution in [0.5, 0.6) is 0 Å². The fraction of sp³-hybridized carbons (Fsp3) is 0.778. The van der Waals surface area contributed by atoms with Crippen molar-refractivity contribution in [2.24, 2.45) is 11.8 Å². The van der Waals surface area contributed by atoms with E-state index in [9.17, 15) is 13.2 Å². The summed E-state index contributed by atoms with van der Waals surface area (Å²) in [6, 6.07) is 8.87. The number of benzene rings is 1. The van der Waals surface area contributed by atoms with Crippen LogP contribution in [0, 0.1) is 17.7 Å². The molecule has 0 aromatic heterocycles. The van der Waals surface area contributed by atoms with Gasteiger partial charge in [-0.05, 0) is 72.7 Å². The van der Waals surface area contributed by atoms with Crippen molar-refractivity contribution in [3.8, 4) is 0 Å². The highest BCUT2D eigenvalue weighted by atomic mass is 35.5. The monoisotopic (exact) mass is 486 g/mol. The Balaban J connectivity index is 1.29. The summed E-state index contributed by atoms with van der Waals surface area (Å²) in [4.78, 5) is 0. The molecule has 182 valence electrons. The van der Waals surface area contributed by atoms with E-state index in [1.165, 1.54) is 76.7 Å². The van der Waals surface area contributed by atoms with Crippen LogP contribution < -0.4 is 0 Å². The SMILES string of the molecule is CCCCC[SiH]1CCC(CCCCC2CCC(c3ccc(C(F)(F)Cl)c(F)c3)CC2)CC1. The van der Waals surface area contributed by atoms with Crippen molar-refractivity contribution in [1.82, 2.24) is 0 Å². The highest BCUT2D eigenvalue weighted by molar-refractivity contribution is 6.58. The Kier molecular flexibility index (Phi) is 10.5. The van der Waals surface area contributed by atoms with Gasteiger partial charge in [-0.2, -0.15) is 8.78 Å². The molecule has 3 rings (SSSR count). The predicted molar refractivity (Wildman–Crippen MR) is 133 cm³/mol. The van der Waals surface area contributed by atoms with Crippen LogP contribution in [-0.4, -0.2) is 8.80 Å². The minimum atomic E-state index is -3.64. The van der Waals surface area contributed by atoms with E-state index in [1.807, 2.05) is 0 Å². The summed E-state index contributed by atoms with van der Waals surface area (Å²) >= 11 is 4.99. The summed E-state index contributed by atoms with van der Waals surface area (Å²) in [7, 11) is -0.375. The molecule has 1 aromatic carbocycles. The molecule has 1 saturated heterocycles. The summed E-state index contributed by atoms with van der Waals surface area (Å²) in [5, 5.41) is -3.64. The minimum absolute atomic E-state index is 0.287. The van der Waals surface area contributed by atoms with Crippen LogP contribution in [-0.2, 0) is 5.38 Å². The van der Waals surface area contributed by atoms with Crippen molar-refractivity contribution in [1.29, 1.82) is 0 Å². The third-order valence-electron chi connectivity index (χ3n) is 8.27. The normalized spacial score (nSPS) is 26.9. The topological polar surface area (TPSA) is 0 Å². The highest BCUT2D eigenvalue weighted by Crippen LogP contribution is 2.40. The van der Waals surface area contributed by atoms with E-state index in [1.54, 1.807) is 24.2 Å². The molecular weight excluding hydrogens is 445 g/mol. The number of alkyl halides is 3. The first-order valence-electron chi connectivity index (χ1n) is 13.2. The number of hydrogen-bond acceptors (Lipinski definition) is 0. The summed E-state index contributed by atoms with van der Waals surface area (Å²) in [5.41, 5.74) is 0.128. The van der Waals surface area contributed by atoms with Crippen molar-refractivity contribution in [3.63, 3.8) is 0 Å². The molecule has 0 bridgehead atoms. The molecule has 1 aliphatic heterocycles. The second kappa shape index (κ2) is 12.8. The molecule has 1 aliphatic carbocycles. The van der Waals surface area contributed by atoms with Crippen LogP contribution in [0.25, 0.3) is 0 Å². The van der Waals surface area contributed by atoms with E-state index >= 15 is 0 Å². The Bertz CT molecular complexity index is 674. The van der Waals surface area contributed by atoms with E-state index in [0.29, 0.717) is 0 Å². The van der Waals surface area contributed by atoms with Crippen LogP contribution in [0.3, 0.4) is 0 Å². The zero-order chi connectivity index (χ0) is 23.0. The Labute approximate surface area is 200 Å². The van der Waals surface area contributed by atoms with Crippen LogP contribution >= 0.6 is 11.6 Å². The molecule has 2 fully saturated rings. The van der Waals surface area contributed by atoms with Gasteiger partial charge in [-0.15, -0.1) is 0 Å². The lowest BCUT2D eigenvalue weighted by Gasteiger charge is -2.30.